The number of amides is 1. The van der Waals surface area contributed by atoms with Crippen molar-refractivity contribution in [3.63, 3.8) is 0 Å². The van der Waals surface area contributed by atoms with Crippen molar-refractivity contribution in [3.8, 4) is 0 Å². The summed E-state index contributed by atoms with van der Waals surface area (Å²) in [6.07, 6.45) is 4.87. The topological polar surface area (TPSA) is 72.9 Å². The van der Waals surface area contributed by atoms with Crippen molar-refractivity contribution in [2.24, 2.45) is 5.73 Å². The Bertz CT molecular complexity index is 392. The molecule has 3 N–H and O–H groups in total. The summed E-state index contributed by atoms with van der Waals surface area (Å²) in [5.74, 6) is 0.0684. The largest absolute Gasteiger partial charge is 0.354 e. The molecule has 0 spiro atoms. The number of carbonyl (C=O) groups excluding carboxylic acids is 1. The molecule has 18 heavy (non-hydrogen) atoms. The van der Waals surface area contributed by atoms with Gasteiger partial charge in [-0.05, 0) is 27.2 Å². The van der Waals surface area contributed by atoms with Crippen LogP contribution >= 0.6 is 0 Å². The standard InChI is InChI=1S/C13H24N4O/c1-5-10(2)16-12(18)6-7-17-9-15-8-11(17)13(3,4)14/h8-10H,5-7,14H2,1-4H3,(H,16,18). The van der Waals surface area contributed by atoms with Gasteiger partial charge in [0, 0.05) is 25.2 Å². The summed E-state index contributed by atoms with van der Waals surface area (Å²) in [6.45, 7) is 8.52. The van der Waals surface area contributed by atoms with E-state index < -0.39 is 5.54 Å². The van der Waals surface area contributed by atoms with Gasteiger partial charge in [-0.15, -0.1) is 0 Å². The van der Waals surface area contributed by atoms with E-state index in [1.54, 1.807) is 12.5 Å². The second-order valence-electron chi connectivity index (χ2n) is 5.32. The summed E-state index contributed by atoms with van der Waals surface area (Å²) >= 11 is 0. The second-order valence-corrected chi connectivity index (χ2v) is 5.32. The highest BCUT2D eigenvalue weighted by Gasteiger charge is 2.19. The molecule has 1 aromatic rings. The zero-order valence-corrected chi connectivity index (χ0v) is 11.7. The molecule has 102 valence electrons. The van der Waals surface area contributed by atoms with Crippen LogP contribution in [0.25, 0.3) is 0 Å². The number of nitrogens with two attached hydrogens (primary N) is 1. The predicted molar refractivity (Wildman–Crippen MR) is 72.0 cm³/mol. The number of hydrogen-bond donors (Lipinski definition) is 2. The number of nitrogens with zero attached hydrogens (tertiary/aromatic N) is 2. The first-order valence-electron chi connectivity index (χ1n) is 6.43. The van der Waals surface area contributed by atoms with Crippen molar-refractivity contribution in [2.45, 2.75) is 58.7 Å². The van der Waals surface area contributed by atoms with Gasteiger partial charge in [0.05, 0.1) is 17.6 Å². The van der Waals surface area contributed by atoms with Crippen LogP contribution in [0.3, 0.4) is 0 Å². The van der Waals surface area contributed by atoms with E-state index in [-0.39, 0.29) is 11.9 Å². The first kappa shape index (κ1) is 14.7. The van der Waals surface area contributed by atoms with Gasteiger partial charge in [-0.25, -0.2) is 4.98 Å². The molecular weight excluding hydrogens is 228 g/mol. The van der Waals surface area contributed by atoms with E-state index >= 15 is 0 Å². The maximum atomic E-state index is 11.7. The molecule has 1 atom stereocenters. The minimum Gasteiger partial charge on any atom is -0.354 e. The Hall–Kier alpha value is -1.36. The molecule has 1 rings (SSSR count). The van der Waals surface area contributed by atoms with E-state index in [1.165, 1.54) is 0 Å². The lowest BCUT2D eigenvalue weighted by Crippen LogP contribution is -2.34. The molecule has 0 radical (unpaired) electrons. The van der Waals surface area contributed by atoms with Crippen molar-refractivity contribution in [2.75, 3.05) is 0 Å². The van der Waals surface area contributed by atoms with Crippen LogP contribution < -0.4 is 11.1 Å². The fourth-order valence-electron chi connectivity index (χ4n) is 1.71. The van der Waals surface area contributed by atoms with Gasteiger partial charge in [-0.2, -0.15) is 0 Å². The highest BCUT2D eigenvalue weighted by molar-refractivity contribution is 5.76. The summed E-state index contributed by atoms with van der Waals surface area (Å²) in [7, 11) is 0. The highest BCUT2D eigenvalue weighted by atomic mass is 16.1. The predicted octanol–water partition coefficient (Wildman–Crippen LogP) is 1.38. The summed E-state index contributed by atoms with van der Waals surface area (Å²) in [6, 6.07) is 0.228. The van der Waals surface area contributed by atoms with Gasteiger partial charge in [0.25, 0.3) is 0 Å². The number of rotatable bonds is 6. The highest BCUT2D eigenvalue weighted by Crippen LogP contribution is 2.16. The Balaban J connectivity index is 2.54. The molecule has 0 saturated heterocycles. The lowest BCUT2D eigenvalue weighted by atomic mass is 10.0. The number of hydrogen-bond acceptors (Lipinski definition) is 3. The van der Waals surface area contributed by atoms with Gasteiger partial charge < -0.3 is 15.6 Å². The Morgan fingerprint density at radius 2 is 2.28 bits per heavy atom. The molecule has 5 nitrogen and oxygen atoms in total. The molecule has 1 amide bonds. The maximum Gasteiger partial charge on any atom is 0.221 e. The molecule has 1 unspecified atom stereocenters. The van der Waals surface area contributed by atoms with E-state index in [9.17, 15) is 4.79 Å². The summed E-state index contributed by atoms with van der Waals surface area (Å²) in [5, 5.41) is 2.95. The second kappa shape index (κ2) is 6.00. The number of carbonyl (C=O) groups is 1. The van der Waals surface area contributed by atoms with Crippen LogP contribution in [0.15, 0.2) is 12.5 Å². The first-order chi connectivity index (χ1) is 8.34. The minimum atomic E-state index is -0.441. The van der Waals surface area contributed by atoms with Crippen LogP contribution in [0, 0.1) is 0 Å². The molecule has 1 aromatic heterocycles. The van der Waals surface area contributed by atoms with Gasteiger partial charge in [0.15, 0.2) is 0 Å². The van der Waals surface area contributed by atoms with E-state index in [1.807, 2.05) is 25.3 Å². The van der Waals surface area contributed by atoms with Crippen LogP contribution in [0.2, 0.25) is 0 Å². The molecule has 0 aliphatic heterocycles. The quantitative estimate of drug-likeness (QED) is 0.803. The molecule has 0 fully saturated rings. The molecule has 0 saturated carbocycles. The van der Waals surface area contributed by atoms with E-state index in [4.69, 9.17) is 5.73 Å². The number of aromatic nitrogens is 2. The van der Waals surface area contributed by atoms with Crippen molar-refractivity contribution in [3.05, 3.63) is 18.2 Å². The molecule has 0 aromatic carbocycles. The SMILES string of the molecule is CCC(C)NC(=O)CCn1cncc1C(C)(C)N. The first-order valence-corrected chi connectivity index (χ1v) is 6.43. The third kappa shape index (κ3) is 4.14. The van der Waals surface area contributed by atoms with Crippen LogP contribution in [-0.2, 0) is 16.9 Å². The molecular formula is C13H24N4O. The fourth-order valence-corrected chi connectivity index (χ4v) is 1.71. The molecule has 0 aliphatic rings. The summed E-state index contributed by atoms with van der Waals surface area (Å²) in [4.78, 5) is 15.8. The van der Waals surface area contributed by atoms with E-state index in [0.29, 0.717) is 13.0 Å². The Labute approximate surface area is 109 Å². The maximum absolute atomic E-state index is 11.7. The number of aryl methyl sites for hydroxylation is 1. The van der Waals surface area contributed by atoms with E-state index in [0.717, 1.165) is 12.1 Å². The van der Waals surface area contributed by atoms with Crippen molar-refractivity contribution >= 4 is 5.91 Å². The number of imidazole rings is 1. The van der Waals surface area contributed by atoms with Gasteiger partial charge in [-0.1, -0.05) is 6.92 Å². The lowest BCUT2D eigenvalue weighted by molar-refractivity contribution is -0.121. The van der Waals surface area contributed by atoms with Crippen molar-refractivity contribution < 1.29 is 4.79 Å². The van der Waals surface area contributed by atoms with Crippen LogP contribution in [0.5, 0.6) is 0 Å². The van der Waals surface area contributed by atoms with Crippen molar-refractivity contribution in [1.82, 2.24) is 14.9 Å². The smallest absolute Gasteiger partial charge is 0.221 e. The fraction of sp³-hybridized carbons (Fsp3) is 0.692. The third-order valence-corrected chi connectivity index (χ3v) is 2.97. The summed E-state index contributed by atoms with van der Waals surface area (Å²) < 4.78 is 1.94. The number of nitrogens with one attached hydrogen (secondary N) is 1. The van der Waals surface area contributed by atoms with Gasteiger partial charge >= 0.3 is 0 Å². The Morgan fingerprint density at radius 3 is 2.83 bits per heavy atom. The average molecular weight is 252 g/mol. The molecule has 0 bridgehead atoms. The lowest BCUT2D eigenvalue weighted by Gasteiger charge is -2.20. The minimum absolute atomic E-state index is 0.0684. The molecule has 0 aliphatic carbocycles. The van der Waals surface area contributed by atoms with Gasteiger partial charge in [0.1, 0.15) is 0 Å². The zero-order chi connectivity index (χ0) is 13.8. The normalized spacial score (nSPS) is 13.4. The Morgan fingerprint density at radius 1 is 1.61 bits per heavy atom. The van der Waals surface area contributed by atoms with Gasteiger partial charge in [0.2, 0.25) is 5.91 Å². The van der Waals surface area contributed by atoms with Crippen molar-refractivity contribution in [1.29, 1.82) is 0 Å². The zero-order valence-electron chi connectivity index (χ0n) is 11.7. The molecule has 5 heteroatoms. The van der Waals surface area contributed by atoms with Crippen LogP contribution in [-0.4, -0.2) is 21.5 Å². The van der Waals surface area contributed by atoms with E-state index in [2.05, 4.69) is 17.2 Å². The third-order valence-electron chi connectivity index (χ3n) is 2.97. The molecule has 1 heterocycles. The van der Waals surface area contributed by atoms with Gasteiger partial charge in [-0.3, -0.25) is 4.79 Å². The average Bonchev–Trinajstić information content (AvgIpc) is 2.74. The summed E-state index contributed by atoms with van der Waals surface area (Å²) in [5.41, 5.74) is 6.55. The van der Waals surface area contributed by atoms with Crippen LogP contribution in [0.4, 0.5) is 0 Å². The Kier molecular flexibility index (Phi) is 4.90. The monoisotopic (exact) mass is 252 g/mol. The van der Waals surface area contributed by atoms with Crippen LogP contribution in [0.1, 0.15) is 46.2 Å².